The fraction of sp³-hybridized carbons (Fsp3) is 0.103. The Morgan fingerprint density at radius 3 is 1.79 bits per heavy atom. The van der Waals surface area contributed by atoms with Gasteiger partial charge in [-0.05, 0) is 34.4 Å². The van der Waals surface area contributed by atoms with Gasteiger partial charge in [0.05, 0.1) is 16.8 Å². The van der Waals surface area contributed by atoms with Crippen molar-refractivity contribution >= 4 is 23.2 Å². The minimum Gasteiger partial charge on any atom is -0.325 e. The SMILES string of the molecule is CC(=O)Nc1ccc(C(C#N)(c2ccccc2)C(c2ccccc2)c2ccccc2)cc1Cl. The summed E-state index contributed by atoms with van der Waals surface area (Å²) in [7, 11) is 0. The predicted octanol–water partition coefficient (Wildman–Crippen LogP) is 6.94. The lowest BCUT2D eigenvalue weighted by atomic mass is 9.62. The average Bonchev–Trinajstić information content (AvgIpc) is 2.85. The lowest BCUT2D eigenvalue weighted by Crippen LogP contribution is -2.34. The van der Waals surface area contributed by atoms with Gasteiger partial charge in [0.1, 0.15) is 5.41 Å². The quantitative estimate of drug-likeness (QED) is 0.346. The van der Waals surface area contributed by atoms with E-state index in [9.17, 15) is 10.1 Å². The van der Waals surface area contributed by atoms with Crippen LogP contribution in [0.3, 0.4) is 0 Å². The first-order valence-corrected chi connectivity index (χ1v) is 11.1. The molecule has 1 N–H and O–H groups in total. The van der Waals surface area contributed by atoms with Crippen LogP contribution >= 0.6 is 11.6 Å². The molecule has 0 fully saturated rings. The maximum absolute atomic E-state index is 11.6. The molecule has 0 radical (unpaired) electrons. The number of nitrogens with zero attached hydrogens (tertiary/aromatic N) is 1. The van der Waals surface area contributed by atoms with Crippen LogP contribution in [-0.2, 0) is 10.2 Å². The number of amides is 1. The summed E-state index contributed by atoms with van der Waals surface area (Å²) in [4.78, 5) is 11.6. The second kappa shape index (κ2) is 9.73. The monoisotopic (exact) mass is 450 g/mol. The van der Waals surface area contributed by atoms with Crippen molar-refractivity contribution in [1.82, 2.24) is 0 Å². The summed E-state index contributed by atoms with van der Waals surface area (Å²) in [6, 6.07) is 38.1. The molecule has 0 aliphatic heterocycles. The standard InChI is InChI=1S/C29H23ClN2O/c1-21(33)32-27-18-17-25(19-26(27)30)29(20-31,24-15-9-4-10-16-24)28(22-11-5-2-6-12-22)23-13-7-3-8-14-23/h2-19,28H,1H3,(H,32,33). The molecule has 4 heteroatoms. The highest BCUT2D eigenvalue weighted by Crippen LogP contribution is 2.48. The van der Waals surface area contributed by atoms with Crippen LogP contribution in [0, 0.1) is 11.3 Å². The summed E-state index contributed by atoms with van der Waals surface area (Å²) in [5.74, 6) is -0.499. The maximum Gasteiger partial charge on any atom is 0.221 e. The number of rotatable bonds is 6. The van der Waals surface area contributed by atoms with Gasteiger partial charge < -0.3 is 5.32 Å². The predicted molar refractivity (Wildman–Crippen MR) is 133 cm³/mol. The van der Waals surface area contributed by atoms with Gasteiger partial charge in [0, 0.05) is 12.8 Å². The number of nitriles is 1. The van der Waals surface area contributed by atoms with Gasteiger partial charge in [-0.15, -0.1) is 0 Å². The zero-order valence-corrected chi connectivity index (χ0v) is 19.0. The molecule has 1 unspecified atom stereocenters. The fourth-order valence-corrected chi connectivity index (χ4v) is 4.66. The number of carbonyl (C=O) groups is 1. The number of hydrogen-bond donors (Lipinski definition) is 1. The van der Waals surface area contributed by atoms with Crippen molar-refractivity contribution in [3.63, 3.8) is 0 Å². The normalized spacial score (nSPS) is 12.5. The van der Waals surface area contributed by atoms with Crippen molar-refractivity contribution in [2.75, 3.05) is 5.32 Å². The summed E-state index contributed by atoms with van der Waals surface area (Å²) < 4.78 is 0. The van der Waals surface area contributed by atoms with Crippen molar-refractivity contribution < 1.29 is 4.79 Å². The third-order valence-corrected chi connectivity index (χ3v) is 6.15. The molecular formula is C29H23ClN2O. The number of anilines is 1. The number of nitrogens with one attached hydrogen (secondary N) is 1. The Bertz CT molecular complexity index is 1240. The molecular weight excluding hydrogens is 428 g/mol. The third kappa shape index (κ3) is 4.39. The molecule has 1 atom stereocenters. The Morgan fingerprint density at radius 1 is 0.818 bits per heavy atom. The van der Waals surface area contributed by atoms with E-state index in [1.165, 1.54) is 6.92 Å². The largest absolute Gasteiger partial charge is 0.325 e. The Labute approximate surface area is 199 Å². The van der Waals surface area contributed by atoms with Crippen LogP contribution in [0.25, 0.3) is 0 Å². The highest BCUT2D eigenvalue weighted by molar-refractivity contribution is 6.33. The molecule has 4 rings (SSSR count). The average molecular weight is 451 g/mol. The summed E-state index contributed by atoms with van der Waals surface area (Å²) in [6.07, 6.45) is 0. The van der Waals surface area contributed by atoms with Gasteiger partial charge in [-0.1, -0.05) is 109 Å². The molecule has 4 aromatic rings. The molecule has 162 valence electrons. The van der Waals surface area contributed by atoms with Crippen LogP contribution in [0.1, 0.15) is 35.1 Å². The summed E-state index contributed by atoms with van der Waals surface area (Å²) in [6.45, 7) is 1.44. The number of halogens is 1. The molecule has 0 aliphatic carbocycles. The molecule has 0 bridgehead atoms. The van der Waals surface area contributed by atoms with Crippen LogP contribution in [0.5, 0.6) is 0 Å². The van der Waals surface area contributed by atoms with E-state index >= 15 is 0 Å². The van der Waals surface area contributed by atoms with Crippen molar-refractivity contribution in [2.45, 2.75) is 18.3 Å². The van der Waals surface area contributed by atoms with E-state index in [1.807, 2.05) is 72.8 Å². The van der Waals surface area contributed by atoms with Crippen LogP contribution in [-0.4, -0.2) is 5.91 Å². The zero-order chi connectivity index (χ0) is 23.3. The van der Waals surface area contributed by atoms with Crippen molar-refractivity contribution in [3.8, 4) is 6.07 Å². The van der Waals surface area contributed by atoms with Crippen LogP contribution < -0.4 is 5.32 Å². The zero-order valence-electron chi connectivity index (χ0n) is 18.2. The smallest absolute Gasteiger partial charge is 0.221 e. The third-order valence-electron chi connectivity index (χ3n) is 5.84. The summed E-state index contributed by atoms with van der Waals surface area (Å²) >= 11 is 6.60. The van der Waals surface area contributed by atoms with E-state index < -0.39 is 5.41 Å². The summed E-state index contributed by atoms with van der Waals surface area (Å²) in [5, 5.41) is 14.1. The second-order valence-corrected chi connectivity index (χ2v) is 8.32. The first kappa shape index (κ1) is 22.3. The Morgan fingerprint density at radius 2 is 1.33 bits per heavy atom. The van der Waals surface area contributed by atoms with Gasteiger partial charge in [-0.2, -0.15) is 5.26 Å². The second-order valence-electron chi connectivity index (χ2n) is 7.92. The molecule has 0 saturated carbocycles. The molecule has 0 spiro atoms. The van der Waals surface area contributed by atoms with Crippen molar-refractivity contribution in [3.05, 3.63) is 136 Å². The maximum atomic E-state index is 11.6. The van der Waals surface area contributed by atoms with E-state index in [1.54, 1.807) is 12.1 Å². The number of benzene rings is 4. The topological polar surface area (TPSA) is 52.9 Å². The van der Waals surface area contributed by atoms with E-state index in [-0.39, 0.29) is 11.8 Å². The minimum atomic E-state index is -1.07. The highest BCUT2D eigenvalue weighted by Gasteiger charge is 2.44. The first-order chi connectivity index (χ1) is 16.1. The van der Waals surface area contributed by atoms with Gasteiger partial charge in [0.15, 0.2) is 0 Å². The highest BCUT2D eigenvalue weighted by atomic mass is 35.5. The van der Waals surface area contributed by atoms with Crippen molar-refractivity contribution in [1.29, 1.82) is 5.26 Å². The molecule has 1 amide bonds. The molecule has 0 heterocycles. The van der Waals surface area contributed by atoms with Crippen LogP contribution in [0.4, 0.5) is 5.69 Å². The van der Waals surface area contributed by atoms with Gasteiger partial charge in [0.2, 0.25) is 5.91 Å². The van der Waals surface area contributed by atoms with Gasteiger partial charge in [-0.25, -0.2) is 0 Å². The van der Waals surface area contributed by atoms with Crippen LogP contribution in [0.15, 0.2) is 109 Å². The first-order valence-electron chi connectivity index (χ1n) is 10.7. The van der Waals surface area contributed by atoms with Gasteiger partial charge >= 0.3 is 0 Å². The van der Waals surface area contributed by atoms with Gasteiger partial charge in [0.25, 0.3) is 0 Å². The van der Waals surface area contributed by atoms with Crippen LogP contribution in [0.2, 0.25) is 5.02 Å². The Hall–Kier alpha value is -3.87. The Balaban J connectivity index is 2.03. The molecule has 0 aromatic heterocycles. The van der Waals surface area contributed by atoms with Gasteiger partial charge in [-0.3, -0.25) is 4.79 Å². The molecule has 0 saturated heterocycles. The van der Waals surface area contributed by atoms with E-state index in [0.29, 0.717) is 10.7 Å². The van der Waals surface area contributed by atoms with E-state index in [0.717, 1.165) is 22.3 Å². The molecule has 3 nitrogen and oxygen atoms in total. The Kier molecular flexibility index (Phi) is 6.58. The number of hydrogen-bond acceptors (Lipinski definition) is 2. The lowest BCUT2D eigenvalue weighted by Gasteiger charge is -2.37. The molecule has 33 heavy (non-hydrogen) atoms. The van der Waals surface area contributed by atoms with E-state index in [4.69, 9.17) is 11.6 Å². The molecule has 0 aliphatic rings. The molecule has 4 aromatic carbocycles. The summed E-state index contributed by atoms with van der Waals surface area (Å²) in [5.41, 5.74) is 3.13. The number of carbonyl (C=O) groups excluding carboxylic acids is 1. The minimum absolute atomic E-state index is 0.203. The van der Waals surface area contributed by atoms with Crippen molar-refractivity contribution in [2.24, 2.45) is 0 Å². The van der Waals surface area contributed by atoms with E-state index in [2.05, 4.69) is 35.7 Å². The lowest BCUT2D eigenvalue weighted by molar-refractivity contribution is -0.114. The fourth-order valence-electron chi connectivity index (χ4n) is 4.43.